The predicted molar refractivity (Wildman–Crippen MR) is 70.6 cm³/mol. The Bertz CT molecular complexity index is 614. The number of fused-ring (bicyclic) bond motifs is 1. The maximum absolute atomic E-state index is 12.0. The van der Waals surface area contributed by atoms with Gasteiger partial charge in [-0.3, -0.25) is 0 Å². The quantitative estimate of drug-likeness (QED) is 0.301. The van der Waals surface area contributed by atoms with E-state index in [0.717, 1.165) is 0 Å². The van der Waals surface area contributed by atoms with Crippen molar-refractivity contribution in [2.45, 2.75) is 11.3 Å². The van der Waals surface area contributed by atoms with Gasteiger partial charge >= 0.3 is 0 Å². The lowest BCUT2D eigenvalue weighted by atomic mass is 10.3. The van der Waals surface area contributed by atoms with Crippen molar-refractivity contribution >= 4 is 15.9 Å². The zero-order chi connectivity index (χ0) is 14.6. The van der Waals surface area contributed by atoms with Crippen molar-refractivity contribution in [1.82, 2.24) is 4.72 Å². The summed E-state index contributed by atoms with van der Waals surface area (Å²) < 4.78 is 37.1. The monoisotopic (exact) mass is 301 g/mol. The molecule has 110 valence electrons. The van der Waals surface area contributed by atoms with Gasteiger partial charge in [0, 0.05) is 19.0 Å². The van der Waals surface area contributed by atoms with Crippen LogP contribution in [0.2, 0.25) is 0 Å². The van der Waals surface area contributed by atoms with Gasteiger partial charge < -0.3 is 20.4 Å². The molecule has 1 aliphatic rings. The van der Waals surface area contributed by atoms with Crippen LogP contribution >= 0.6 is 0 Å². The maximum Gasteiger partial charge on any atom is 0.240 e. The molecule has 0 saturated heterocycles. The fraction of sp³-hybridized carbons (Fsp3) is 0.364. The predicted octanol–water partition coefficient (Wildman–Crippen LogP) is -0.127. The SMILES string of the molecule is NC(CCNS(=O)(=O)c1ccc2c(c1)OCCO2)=NO. The van der Waals surface area contributed by atoms with Gasteiger partial charge in [-0.1, -0.05) is 5.16 Å². The number of nitrogens with two attached hydrogens (primary N) is 1. The molecule has 0 unspecified atom stereocenters. The van der Waals surface area contributed by atoms with Gasteiger partial charge in [0.15, 0.2) is 11.5 Å². The lowest BCUT2D eigenvalue weighted by Crippen LogP contribution is -2.28. The lowest BCUT2D eigenvalue weighted by molar-refractivity contribution is 0.171. The van der Waals surface area contributed by atoms with E-state index >= 15 is 0 Å². The van der Waals surface area contributed by atoms with E-state index in [2.05, 4.69) is 9.88 Å². The summed E-state index contributed by atoms with van der Waals surface area (Å²) in [6, 6.07) is 4.38. The summed E-state index contributed by atoms with van der Waals surface area (Å²) >= 11 is 0. The number of amidine groups is 1. The molecule has 0 atom stereocenters. The highest BCUT2D eigenvalue weighted by Gasteiger charge is 2.19. The fourth-order valence-corrected chi connectivity index (χ4v) is 2.68. The molecule has 9 heteroatoms. The van der Waals surface area contributed by atoms with Crippen LogP contribution < -0.4 is 19.9 Å². The van der Waals surface area contributed by atoms with Gasteiger partial charge in [0.25, 0.3) is 0 Å². The number of hydrogen-bond donors (Lipinski definition) is 3. The molecule has 0 bridgehead atoms. The zero-order valence-electron chi connectivity index (χ0n) is 10.6. The third kappa shape index (κ3) is 3.31. The summed E-state index contributed by atoms with van der Waals surface area (Å²) in [5.41, 5.74) is 5.26. The third-order valence-electron chi connectivity index (χ3n) is 2.63. The van der Waals surface area contributed by atoms with E-state index in [1.807, 2.05) is 0 Å². The molecule has 0 amide bonds. The van der Waals surface area contributed by atoms with Gasteiger partial charge in [0.05, 0.1) is 4.90 Å². The van der Waals surface area contributed by atoms with Crippen molar-refractivity contribution in [1.29, 1.82) is 0 Å². The Morgan fingerprint density at radius 2 is 2.05 bits per heavy atom. The van der Waals surface area contributed by atoms with E-state index < -0.39 is 10.0 Å². The summed E-state index contributed by atoms with van der Waals surface area (Å²) in [6.45, 7) is 0.858. The highest BCUT2D eigenvalue weighted by atomic mass is 32.2. The van der Waals surface area contributed by atoms with Gasteiger partial charge in [-0.15, -0.1) is 0 Å². The van der Waals surface area contributed by atoms with E-state index in [1.54, 1.807) is 6.07 Å². The first-order chi connectivity index (χ1) is 9.53. The molecule has 0 radical (unpaired) electrons. The van der Waals surface area contributed by atoms with Crippen molar-refractivity contribution in [3.63, 3.8) is 0 Å². The minimum absolute atomic E-state index is 0.0344. The van der Waals surface area contributed by atoms with Crippen molar-refractivity contribution in [3.8, 4) is 11.5 Å². The number of oxime groups is 1. The average molecular weight is 301 g/mol. The number of sulfonamides is 1. The minimum Gasteiger partial charge on any atom is -0.486 e. The first kappa shape index (κ1) is 14.4. The zero-order valence-corrected chi connectivity index (χ0v) is 11.4. The number of nitrogens with one attached hydrogen (secondary N) is 1. The second kappa shape index (κ2) is 5.97. The molecule has 1 aromatic rings. The van der Waals surface area contributed by atoms with Gasteiger partial charge in [-0.25, -0.2) is 13.1 Å². The number of ether oxygens (including phenoxy) is 2. The van der Waals surface area contributed by atoms with Crippen molar-refractivity contribution in [3.05, 3.63) is 18.2 Å². The Morgan fingerprint density at radius 1 is 1.35 bits per heavy atom. The van der Waals surface area contributed by atoms with E-state index in [0.29, 0.717) is 24.7 Å². The molecule has 20 heavy (non-hydrogen) atoms. The van der Waals surface area contributed by atoms with Gasteiger partial charge in [0.1, 0.15) is 19.0 Å². The second-order valence-corrected chi connectivity index (χ2v) is 5.81. The number of hydrogen-bond acceptors (Lipinski definition) is 6. The highest BCUT2D eigenvalue weighted by molar-refractivity contribution is 7.89. The summed E-state index contributed by atoms with van der Waals surface area (Å²) in [5.74, 6) is 0.872. The molecule has 0 aliphatic carbocycles. The third-order valence-corrected chi connectivity index (χ3v) is 4.08. The Labute approximate surface area is 116 Å². The number of nitrogens with zero attached hydrogens (tertiary/aromatic N) is 1. The maximum atomic E-state index is 12.0. The van der Waals surface area contributed by atoms with Gasteiger partial charge in [0.2, 0.25) is 10.0 Å². The van der Waals surface area contributed by atoms with Crippen LogP contribution in [0.15, 0.2) is 28.3 Å². The van der Waals surface area contributed by atoms with Crippen LogP contribution in [0.1, 0.15) is 6.42 Å². The van der Waals surface area contributed by atoms with Gasteiger partial charge in [-0.2, -0.15) is 0 Å². The van der Waals surface area contributed by atoms with Crippen LogP contribution in [0.4, 0.5) is 0 Å². The van der Waals surface area contributed by atoms with E-state index in [-0.39, 0.29) is 23.7 Å². The van der Waals surface area contributed by atoms with E-state index in [1.165, 1.54) is 12.1 Å². The molecule has 0 fully saturated rings. The molecule has 4 N–H and O–H groups in total. The average Bonchev–Trinajstić information content (AvgIpc) is 2.46. The Balaban J connectivity index is 2.09. The number of benzene rings is 1. The van der Waals surface area contributed by atoms with Crippen molar-refractivity contribution in [2.24, 2.45) is 10.9 Å². The van der Waals surface area contributed by atoms with Crippen LogP contribution in [-0.2, 0) is 10.0 Å². The second-order valence-electron chi connectivity index (χ2n) is 4.04. The normalized spacial score (nSPS) is 15.1. The summed E-state index contributed by atoms with van der Waals surface area (Å²) in [6.07, 6.45) is 0.111. The van der Waals surface area contributed by atoms with Crippen LogP contribution in [0.5, 0.6) is 11.5 Å². The fourth-order valence-electron chi connectivity index (χ4n) is 1.64. The van der Waals surface area contributed by atoms with E-state index in [9.17, 15) is 8.42 Å². The smallest absolute Gasteiger partial charge is 0.240 e. The van der Waals surface area contributed by atoms with Crippen LogP contribution in [0, 0.1) is 0 Å². The summed E-state index contributed by atoms with van der Waals surface area (Å²) in [7, 11) is -3.68. The molecule has 0 saturated carbocycles. The molecule has 1 heterocycles. The molecule has 0 spiro atoms. The molecule has 2 rings (SSSR count). The Morgan fingerprint density at radius 3 is 2.75 bits per heavy atom. The molecule has 8 nitrogen and oxygen atoms in total. The lowest BCUT2D eigenvalue weighted by Gasteiger charge is -2.18. The topological polar surface area (TPSA) is 123 Å². The minimum atomic E-state index is -3.68. The molecule has 1 aliphatic heterocycles. The molecular weight excluding hydrogens is 286 g/mol. The summed E-state index contributed by atoms with van der Waals surface area (Å²) in [4.78, 5) is 0.0706. The van der Waals surface area contributed by atoms with Crippen molar-refractivity contribution < 1.29 is 23.1 Å². The largest absolute Gasteiger partial charge is 0.486 e. The Kier molecular flexibility index (Phi) is 4.30. The first-order valence-corrected chi connectivity index (χ1v) is 7.37. The Hall–Kier alpha value is -2.00. The van der Waals surface area contributed by atoms with Crippen LogP contribution in [-0.4, -0.2) is 39.2 Å². The number of rotatable bonds is 5. The standard InChI is InChI=1S/C11H15N3O5S/c12-11(14-15)3-4-13-20(16,17)8-1-2-9-10(7-8)19-6-5-18-9/h1-2,7,13,15H,3-6H2,(H2,12,14). The van der Waals surface area contributed by atoms with Crippen molar-refractivity contribution in [2.75, 3.05) is 19.8 Å². The molecular formula is C11H15N3O5S. The van der Waals surface area contributed by atoms with Crippen LogP contribution in [0.25, 0.3) is 0 Å². The highest BCUT2D eigenvalue weighted by Crippen LogP contribution is 2.32. The molecule has 0 aromatic heterocycles. The summed E-state index contributed by atoms with van der Waals surface area (Å²) in [5, 5.41) is 11.1. The van der Waals surface area contributed by atoms with Crippen LogP contribution in [0.3, 0.4) is 0 Å². The van der Waals surface area contributed by atoms with E-state index in [4.69, 9.17) is 20.4 Å². The molecule has 1 aromatic carbocycles. The van der Waals surface area contributed by atoms with Gasteiger partial charge in [-0.05, 0) is 12.1 Å². The first-order valence-electron chi connectivity index (χ1n) is 5.88.